The lowest BCUT2D eigenvalue weighted by Crippen LogP contribution is -2.46. The maximum atomic E-state index is 13.0. The van der Waals surface area contributed by atoms with Gasteiger partial charge in [-0.05, 0) is 18.2 Å². The highest BCUT2D eigenvalue weighted by molar-refractivity contribution is 5.89. The van der Waals surface area contributed by atoms with Crippen LogP contribution in [0.25, 0.3) is 0 Å². The summed E-state index contributed by atoms with van der Waals surface area (Å²) in [6.07, 6.45) is -0.00277. The van der Waals surface area contributed by atoms with Crippen LogP contribution in [0.1, 0.15) is 0 Å². The summed E-state index contributed by atoms with van der Waals surface area (Å²) < 4.78 is 18.5. The Bertz CT molecular complexity index is 436. The van der Waals surface area contributed by atoms with Crippen LogP contribution in [0.3, 0.4) is 0 Å². The molecule has 1 aliphatic heterocycles. The number of nitrogens with one attached hydrogen (secondary N) is 2. The van der Waals surface area contributed by atoms with Crippen LogP contribution in [0.2, 0.25) is 0 Å². The highest BCUT2D eigenvalue weighted by Crippen LogP contribution is 2.10. The number of halogens is 1. The molecule has 0 aliphatic carbocycles. The number of carbonyl (C=O) groups is 1. The molecule has 2 amide bonds. The zero-order valence-electron chi connectivity index (χ0n) is 10.9. The van der Waals surface area contributed by atoms with Crippen LogP contribution >= 0.6 is 0 Å². The fourth-order valence-corrected chi connectivity index (χ4v) is 1.91. The zero-order chi connectivity index (χ0) is 13.7. The van der Waals surface area contributed by atoms with Crippen molar-refractivity contribution >= 4 is 11.7 Å². The highest BCUT2D eigenvalue weighted by Gasteiger charge is 2.18. The molecule has 1 fully saturated rings. The van der Waals surface area contributed by atoms with Crippen molar-refractivity contribution in [2.24, 2.45) is 0 Å². The lowest BCUT2D eigenvalue weighted by molar-refractivity contribution is 0.0164. The molecule has 1 atom stereocenters. The average Bonchev–Trinajstić information content (AvgIpc) is 2.40. The van der Waals surface area contributed by atoms with E-state index in [-0.39, 0.29) is 18.0 Å². The Balaban J connectivity index is 1.84. The lowest BCUT2D eigenvalue weighted by atomic mass is 10.3. The van der Waals surface area contributed by atoms with Crippen LogP contribution in [0.15, 0.2) is 24.3 Å². The number of anilines is 1. The predicted octanol–water partition coefficient (Wildman–Crippen LogP) is 1.28. The van der Waals surface area contributed by atoms with Crippen molar-refractivity contribution in [2.75, 3.05) is 38.6 Å². The van der Waals surface area contributed by atoms with Gasteiger partial charge in [0, 0.05) is 32.4 Å². The Labute approximate surface area is 111 Å². The summed E-state index contributed by atoms with van der Waals surface area (Å²) in [7, 11) is 1.69. The first kappa shape index (κ1) is 13.8. The molecule has 1 saturated heterocycles. The van der Waals surface area contributed by atoms with Gasteiger partial charge in [-0.1, -0.05) is 6.07 Å². The molecule has 1 aliphatic rings. The number of ether oxygens (including phenoxy) is 1. The molecule has 0 saturated carbocycles. The normalized spacial score (nSPS) is 18.9. The van der Waals surface area contributed by atoms with Gasteiger partial charge in [-0.2, -0.15) is 0 Å². The first-order valence-corrected chi connectivity index (χ1v) is 6.25. The predicted molar refractivity (Wildman–Crippen MR) is 70.7 cm³/mol. The van der Waals surface area contributed by atoms with Crippen LogP contribution in [0, 0.1) is 5.82 Å². The second-order valence-electron chi connectivity index (χ2n) is 4.52. The highest BCUT2D eigenvalue weighted by atomic mass is 19.1. The standard InChI is InChI=1S/C13H18FN3O2/c1-17(9-12-8-15-5-6-19-12)13(18)16-11-4-2-3-10(14)7-11/h2-4,7,12,15H,5-6,8-9H2,1H3,(H,16,18). The molecule has 5 nitrogen and oxygen atoms in total. The van der Waals surface area contributed by atoms with Gasteiger partial charge in [0.15, 0.2) is 0 Å². The van der Waals surface area contributed by atoms with E-state index >= 15 is 0 Å². The summed E-state index contributed by atoms with van der Waals surface area (Å²) in [5.41, 5.74) is 0.444. The van der Waals surface area contributed by atoms with Gasteiger partial charge in [0.1, 0.15) is 5.82 Å². The van der Waals surface area contributed by atoms with Crippen LogP contribution in [-0.2, 0) is 4.74 Å². The summed E-state index contributed by atoms with van der Waals surface area (Å²) in [5, 5.41) is 5.85. The molecule has 0 spiro atoms. The Hall–Kier alpha value is -1.66. The number of benzene rings is 1. The van der Waals surface area contributed by atoms with Crippen molar-refractivity contribution in [1.82, 2.24) is 10.2 Å². The molecule has 2 N–H and O–H groups in total. The molecule has 0 radical (unpaired) electrons. The Kier molecular flexibility index (Phi) is 4.70. The molecule has 6 heteroatoms. The molecule has 1 unspecified atom stereocenters. The van der Waals surface area contributed by atoms with Crippen molar-refractivity contribution in [3.8, 4) is 0 Å². The summed E-state index contributed by atoms with van der Waals surface area (Å²) in [5.74, 6) is -0.375. The summed E-state index contributed by atoms with van der Waals surface area (Å²) in [6, 6.07) is 5.54. The van der Waals surface area contributed by atoms with Crippen LogP contribution in [0.4, 0.5) is 14.9 Å². The van der Waals surface area contributed by atoms with Gasteiger partial charge < -0.3 is 20.3 Å². The number of hydrogen-bond donors (Lipinski definition) is 2. The van der Waals surface area contributed by atoms with Gasteiger partial charge in [0.05, 0.1) is 12.7 Å². The minimum Gasteiger partial charge on any atom is -0.374 e. The van der Waals surface area contributed by atoms with Crippen molar-refractivity contribution in [3.63, 3.8) is 0 Å². The Morgan fingerprint density at radius 3 is 3.16 bits per heavy atom. The molecule has 0 bridgehead atoms. The minimum atomic E-state index is -0.375. The van der Waals surface area contributed by atoms with Gasteiger partial charge >= 0.3 is 6.03 Å². The van der Waals surface area contributed by atoms with E-state index in [9.17, 15) is 9.18 Å². The van der Waals surface area contributed by atoms with Gasteiger partial charge in [0.2, 0.25) is 0 Å². The fraction of sp³-hybridized carbons (Fsp3) is 0.462. The van der Waals surface area contributed by atoms with Crippen molar-refractivity contribution in [3.05, 3.63) is 30.1 Å². The fourth-order valence-electron chi connectivity index (χ4n) is 1.91. The number of nitrogens with zero attached hydrogens (tertiary/aromatic N) is 1. The maximum Gasteiger partial charge on any atom is 0.321 e. The van der Waals surface area contributed by atoms with E-state index in [1.807, 2.05) is 0 Å². The summed E-state index contributed by atoms with van der Waals surface area (Å²) in [4.78, 5) is 13.4. The number of carbonyl (C=O) groups excluding carboxylic acids is 1. The average molecular weight is 267 g/mol. The molecule has 1 aromatic carbocycles. The van der Waals surface area contributed by atoms with Crippen LogP contribution < -0.4 is 10.6 Å². The van der Waals surface area contributed by atoms with E-state index in [1.165, 1.54) is 17.0 Å². The van der Waals surface area contributed by atoms with Gasteiger partial charge in [0.25, 0.3) is 0 Å². The minimum absolute atomic E-state index is 0.00277. The van der Waals surface area contributed by atoms with Gasteiger partial charge in [-0.3, -0.25) is 0 Å². The molecular formula is C13H18FN3O2. The van der Waals surface area contributed by atoms with Crippen molar-refractivity contribution < 1.29 is 13.9 Å². The first-order chi connectivity index (χ1) is 9.15. The summed E-state index contributed by atoms with van der Waals surface area (Å²) >= 11 is 0. The largest absolute Gasteiger partial charge is 0.374 e. The Morgan fingerprint density at radius 1 is 1.63 bits per heavy atom. The third-order valence-corrected chi connectivity index (χ3v) is 2.90. The second kappa shape index (κ2) is 6.49. The number of urea groups is 1. The van der Waals surface area contributed by atoms with Gasteiger partial charge in [-0.25, -0.2) is 9.18 Å². The van der Waals surface area contributed by atoms with Crippen molar-refractivity contribution in [2.45, 2.75) is 6.10 Å². The quantitative estimate of drug-likeness (QED) is 0.867. The molecule has 104 valence electrons. The first-order valence-electron chi connectivity index (χ1n) is 6.25. The summed E-state index contributed by atoms with van der Waals surface area (Å²) in [6.45, 7) is 2.73. The monoisotopic (exact) mass is 267 g/mol. The molecule has 1 aromatic rings. The maximum absolute atomic E-state index is 13.0. The third kappa shape index (κ3) is 4.18. The van der Waals surface area contributed by atoms with Crippen LogP contribution in [0.5, 0.6) is 0 Å². The molecule has 1 heterocycles. The van der Waals surface area contributed by atoms with Crippen LogP contribution in [-0.4, -0.2) is 50.3 Å². The molecule has 0 aromatic heterocycles. The number of hydrogen-bond acceptors (Lipinski definition) is 3. The van der Waals surface area contributed by atoms with E-state index in [1.54, 1.807) is 19.2 Å². The number of likely N-dealkylation sites (N-methyl/N-ethyl adjacent to an activating group) is 1. The number of rotatable bonds is 3. The van der Waals surface area contributed by atoms with E-state index in [0.29, 0.717) is 18.8 Å². The second-order valence-corrected chi connectivity index (χ2v) is 4.52. The number of morpholine rings is 1. The topological polar surface area (TPSA) is 53.6 Å². The molecule has 2 rings (SSSR count). The van der Waals surface area contributed by atoms with E-state index in [0.717, 1.165) is 13.1 Å². The molecular weight excluding hydrogens is 249 g/mol. The number of amides is 2. The lowest BCUT2D eigenvalue weighted by Gasteiger charge is -2.28. The van der Waals surface area contributed by atoms with Gasteiger partial charge in [-0.15, -0.1) is 0 Å². The Morgan fingerprint density at radius 2 is 2.47 bits per heavy atom. The zero-order valence-corrected chi connectivity index (χ0v) is 10.9. The third-order valence-electron chi connectivity index (χ3n) is 2.90. The van der Waals surface area contributed by atoms with E-state index in [2.05, 4.69) is 10.6 Å². The smallest absolute Gasteiger partial charge is 0.321 e. The SMILES string of the molecule is CN(CC1CNCCO1)C(=O)Nc1cccc(F)c1. The van der Waals surface area contributed by atoms with E-state index in [4.69, 9.17) is 4.74 Å². The molecule has 19 heavy (non-hydrogen) atoms. The van der Waals surface area contributed by atoms with E-state index < -0.39 is 0 Å². The van der Waals surface area contributed by atoms with Crippen molar-refractivity contribution in [1.29, 1.82) is 0 Å².